The molecule has 0 saturated carbocycles. The fourth-order valence-electron chi connectivity index (χ4n) is 2.87. The van der Waals surface area contributed by atoms with E-state index in [0.29, 0.717) is 20.1 Å². The number of aromatic nitrogens is 8. The van der Waals surface area contributed by atoms with E-state index in [1.807, 2.05) is 60.7 Å². The largest absolute Gasteiger partial charge is 0.507 e. The molecule has 0 aliphatic rings. The first-order valence-corrected chi connectivity index (χ1v) is 10.9. The standard InChI is InChI=1S/C20H14N8O2S2/c29-15-11-12-16(30)18(32-20-22-24-26-28(20)14-9-5-2-6-10-14)17(15)31-19-21-23-25-27(19)13-7-3-1-4-8-13/h1-12,29-30H. The molecule has 3 aromatic carbocycles. The molecular weight excluding hydrogens is 448 g/mol. The Bertz CT molecular complexity index is 1250. The van der Waals surface area contributed by atoms with Gasteiger partial charge in [-0.1, -0.05) is 36.4 Å². The lowest BCUT2D eigenvalue weighted by molar-refractivity contribution is 0.435. The smallest absolute Gasteiger partial charge is 0.219 e. The van der Waals surface area contributed by atoms with E-state index in [2.05, 4.69) is 31.1 Å². The van der Waals surface area contributed by atoms with Gasteiger partial charge in [-0.2, -0.15) is 9.36 Å². The van der Waals surface area contributed by atoms with Crippen molar-refractivity contribution in [2.24, 2.45) is 0 Å². The van der Waals surface area contributed by atoms with Gasteiger partial charge in [-0.25, -0.2) is 0 Å². The van der Waals surface area contributed by atoms with Gasteiger partial charge in [0.15, 0.2) is 0 Å². The van der Waals surface area contributed by atoms with E-state index in [1.165, 1.54) is 12.1 Å². The highest BCUT2D eigenvalue weighted by atomic mass is 32.2. The number of hydrogen-bond acceptors (Lipinski definition) is 10. The zero-order chi connectivity index (χ0) is 21.9. The van der Waals surface area contributed by atoms with Crippen LogP contribution in [0, 0.1) is 0 Å². The lowest BCUT2D eigenvalue weighted by Crippen LogP contribution is -1.99. The molecule has 0 aliphatic carbocycles. The third-order valence-electron chi connectivity index (χ3n) is 4.34. The average molecular weight is 463 g/mol. The van der Waals surface area contributed by atoms with Gasteiger partial charge in [-0.3, -0.25) is 0 Å². The summed E-state index contributed by atoms with van der Waals surface area (Å²) >= 11 is 2.25. The van der Waals surface area contributed by atoms with Gasteiger partial charge in [-0.15, -0.1) is 10.2 Å². The second kappa shape index (κ2) is 8.69. The molecule has 0 radical (unpaired) electrons. The van der Waals surface area contributed by atoms with Crippen molar-refractivity contribution in [3.8, 4) is 22.9 Å². The van der Waals surface area contributed by atoms with Crippen LogP contribution >= 0.6 is 23.5 Å². The quantitative estimate of drug-likeness (QED) is 0.363. The number of tetrazole rings is 2. The van der Waals surface area contributed by atoms with Crippen molar-refractivity contribution >= 4 is 23.5 Å². The Hall–Kier alpha value is -3.90. The third kappa shape index (κ3) is 3.88. The van der Waals surface area contributed by atoms with Crippen molar-refractivity contribution in [2.45, 2.75) is 20.1 Å². The lowest BCUT2D eigenvalue weighted by Gasteiger charge is -2.12. The number of nitrogens with zero attached hydrogens (tertiary/aromatic N) is 8. The number of rotatable bonds is 6. The molecule has 158 valence electrons. The minimum Gasteiger partial charge on any atom is -0.507 e. The van der Waals surface area contributed by atoms with Crippen LogP contribution in [0.25, 0.3) is 11.4 Å². The molecule has 0 spiro atoms. The maximum Gasteiger partial charge on any atom is 0.219 e. The Morgan fingerprint density at radius 2 is 0.969 bits per heavy atom. The van der Waals surface area contributed by atoms with Crippen LogP contribution in [0.1, 0.15) is 0 Å². The minimum absolute atomic E-state index is 0.0309. The summed E-state index contributed by atoms with van der Waals surface area (Å²) in [6.07, 6.45) is 0. The van der Waals surface area contributed by atoms with Crippen molar-refractivity contribution in [1.29, 1.82) is 0 Å². The zero-order valence-electron chi connectivity index (χ0n) is 16.2. The second-order valence-electron chi connectivity index (χ2n) is 6.38. The molecule has 32 heavy (non-hydrogen) atoms. The van der Waals surface area contributed by atoms with Crippen LogP contribution in [0.4, 0.5) is 0 Å². The Labute approximate surface area is 189 Å². The summed E-state index contributed by atoms with van der Waals surface area (Å²) in [7, 11) is 0. The van der Waals surface area contributed by atoms with Gasteiger partial charge in [0.25, 0.3) is 0 Å². The van der Waals surface area contributed by atoms with Crippen molar-refractivity contribution < 1.29 is 10.2 Å². The highest BCUT2D eigenvalue weighted by Crippen LogP contribution is 2.47. The van der Waals surface area contributed by atoms with Crippen molar-refractivity contribution in [3.63, 3.8) is 0 Å². The molecule has 0 amide bonds. The highest BCUT2D eigenvalue weighted by Gasteiger charge is 2.22. The highest BCUT2D eigenvalue weighted by molar-refractivity contribution is 8.02. The van der Waals surface area contributed by atoms with E-state index in [0.717, 1.165) is 34.9 Å². The maximum absolute atomic E-state index is 10.6. The van der Waals surface area contributed by atoms with Crippen LogP contribution in [-0.2, 0) is 0 Å². The molecule has 2 aromatic heterocycles. The summed E-state index contributed by atoms with van der Waals surface area (Å²) in [6.45, 7) is 0. The molecule has 2 N–H and O–H groups in total. The molecule has 0 aliphatic heterocycles. The zero-order valence-corrected chi connectivity index (χ0v) is 17.8. The Morgan fingerprint density at radius 3 is 1.38 bits per heavy atom. The fraction of sp³-hybridized carbons (Fsp3) is 0. The first kappa shape index (κ1) is 20.0. The van der Waals surface area contributed by atoms with Gasteiger partial charge in [0, 0.05) is 0 Å². The predicted octanol–water partition coefficient (Wildman–Crippen LogP) is 3.35. The van der Waals surface area contributed by atoms with Crippen LogP contribution in [0.5, 0.6) is 11.5 Å². The molecule has 0 saturated heterocycles. The van der Waals surface area contributed by atoms with Crippen LogP contribution in [-0.4, -0.2) is 50.6 Å². The van der Waals surface area contributed by atoms with E-state index in [9.17, 15) is 10.2 Å². The summed E-state index contributed by atoms with van der Waals surface area (Å²) in [5, 5.41) is 45.8. The van der Waals surface area contributed by atoms with Gasteiger partial charge in [-0.05, 0) is 80.8 Å². The van der Waals surface area contributed by atoms with Crippen molar-refractivity contribution in [2.75, 3.05) is 0 Å². The molecule has 0 atom stereocenters. The van der Waals surface area contributed by atoms with Crippen molar-refractivity contribution in [3.05, 3.63) is 72.8 Å². The molecule has 5 aromatic rings. The third-order valence-corrected chi connectivity index (χ3v) is 6.58. The lowest BCUT2D eigenvalue weighted by atomic mass is 10.3. The average Bonchev–Trinajstić information content (AvgIpc) is 3.49. The summed E-state index contributed by atoms with van der Waals surface area (Å²) in [5.41, 5.74) is 1.53. The molecule has 5 rings (SSSR count). The number of hydrogen-bond donors (Lipinski definition) is 2. The first-order valence-electron chi connectivity index (χ1n) is 9.29. The van der Waals surface area contributed by atoms with Gasteiger partial charge >= 0.3 is 0 Å². The number of phenolic OH excluding ortho intramolecular Hbond substituents is 2. The van der Waals surface area contributed by atoms with Crippen molar-refractivity contribution in [1.82, 2.24) is 40.4 Å². The molecule has 0 fully saturated rings. The van der Waals surface area contributed by atoms with E-state index in [-0.39, 0.29) is 11.5 Å². The Morgan fingerprint density at radius 1 is 0.562 bits per heavy atom. The SMILES string of the molecule is Oc1ccc(O)c(Sc2nnnn2-c2ccccc2)c1Sc1nnnn1-c1ccccc1. The molecule has 2 heterocycles. The summed E-state index contributed by atoms with van der Waals surface area (Å²) < 4.78 is 3.10. The number of phenols is 2. The molecular formula is C20H14N8O2S2. The number of benzene rings is 3. The summed E-state index contributed by atoms with van der Waals surface area (Å²) in [4.78, 5) is 0.759. The molecule has 12 heteroatoms. The Balaban J connectivity index is 1.53. The molecule has 10 nitrogen and oxygen atoms in total. The normalized spacial score (nSPS) is 11.0. The fourth-order valence-corrected chi connectivity index (χ4v) is 4.84. The number of aromatic hydroxyl groups is 2. The number of para-hydroxylation sites is 2. The van der Waals surface area contributed by atoms with E-state index < -0.39 is 0 Å². The van der Waals surface area contributed by atoms with Gasteiger partial charge in [0.2, 0.25) is 10.3 Å². The Kier molecular flexibility index (Phi) is 5.44. The first-order chi connectivity index (χ1) is 15.7. The predicted molar refractivity (Wildman–Crippen MR) is 116 cm³/mol. The van der Waals surface area contributed by atoms with Crippen LogP contribution in [0.15, 0.2) is 92.9 Å². The van der Waals surface area contributed by atoms with E-state index in [1.54, 1.807) is 9.36 Å². The van der Waals surface area contributed by atoms with Crippen LogP contribution < -0.4 is 0 Å². The summed E-state index contributed by atoms with van der Waals surface area (Å²) in [6, 6.07) is 21.6. The maximum atomic E-state index is 10.6. The van der Waals surface area contributed by atoms with Crippen LogP contribution in [0.3, 0.4) is 0 Å². The monoisotopic (exact) mass is 462 g/mol. The van der Waals surface area contributed by atoms with Gasteiger partial charge < -0.3 is 10.2 Å². The molecule has 0 bridgehead atoms. The minimum atomic E-state index is -0.0309. The topological polar surface area (TPSA) is 128 Å². The second-order valence-corrected chi connectivity index (χ2v) is 8.34. The van der Waals surface area contributed by atoms with E-state index in [4.69, 9.17) is 0 Å². The van der Waals surface area contributed by atoms with Gasteiger partial charge in [0.05, 0.1) is 21.2 Å². The van der Waals surface area contributed by atoms with Gasteiger partial charge in [0.1, 0.15) is 11.5 Å². The molecule has 0 unspecified atom stereocenters. The van der Waals surface area contributed by atoms with Crippen LogP contribution in [0.2, 0.25) is 0 Å². The van der Waals surface area contributed by atoms with E-state index >= 15 is 0 Å². The summed E-state index contributed by atoms with van der Waals surface area (Å²) in [5.74, 6) is -0.0618.